The summed E-state index contributed by atoms with van der Waals surface area (Å²) in [6, 6.07) is 44.3. The first-order chi connectivity index (χ1) is 65.4. The summed E-state index contributed by atoms with van der Waals surface area (Å²) >= 11 is 0. The Labute approximate surface area is 720 Å². The zero-order chi connectivity index (χ0) is 99.4. The molecule has 0 unspecified atom stereocenters. The highest BCUT2D eigenvalue weighted by molar-refractivity contribution is 7.02. The number of hydrogen-bond donors (Lipinski definition) is 0. The molecule has 5 nitrogen and oxygen atoms in total. The van der Waals surface area contributed by atoms with Crippen LogP contribution in [0.5, 0.6) is 11.5 Å². The van der Waals surface area contributed by atoms with Crippen LogP contribution in [0.2, 0.25) is 0 Å². The minimum Gasteiger partial charge on any atom is -0.456 e. The summed E-state index contributed by atoms with van der Waals surface area (Å²) in [4.78, 5) is 4.25. The van der Waals surface area contributed by atoms with Gasteiger partial charge >= 0.3 is 0 Å². The van der Waals surface area contributed by atoms with Crippen LogP contribution in [-0.2, 0) is 27.1 Å². The molecule has 0 saturated carbocycles. The molecule has 4 aliphatic rings. The number of nitrogens with zero attached hydrogens (tertiary/aromatic N) is 4. The number of rotatable bonds is 8. The van der Waals surface area contributed by atoms with E-state index in [0.717, 1.165) is 60.2 Å². The third-order valence-corrected chi connectivity index (χ3v) is 24.2. The number of para-hydroxylation sites is 3. The lowest BCUT2D eigenvalue weighted by Crippen LogP contribution is -2.64. The van der Waals surface area contributed by atoms with E-state index in [-0.39, 0.29) is 66.4 Å². The standard InChI is InChI=1S/C110H96B2N4O/c1-106(2,3)74-49-54-93(83(60-74)73-55-75(107(4,5)6)59-76(56-73)108(7,8)9)115-96-63-78(110(13,14)15)64-97-100(96)111(90-66-98-101-105(104(90)115)117-99-58-72(68-35-22-17-23-36-68)47-51-88(99)112(101)89-44-32-43-82-86-57-71(67-33-20-16-21-34-67)48-53-94(86)114(98)103(82)89)87-52-50-79(113-91-45-30-28-41-80(91)81-42-29-31-46-92(81)113)65-95(87)116(97)102-84(69-37-24-18-25-38-69)61-77(109(10,11)12)62-85(102)70-39-26-19-27-40-70/h16-66H,1-15H3/i16D,20D,21D,28D,29D,30D,31D,32D,33D,34D,41D,42D,43D,44D,45D,46D,48D,50D,52D,53D,57D,65D. The summed E-state index contributed by atoms with van der Waals surface area (Å²) in [5, 5.41) is -0.968. The molecule has 0 amide bonds. The highest BCUT2D eigenvalue weighted by Crippen LogP contribution is 2.57. The SMILES string of the molecule is [2H]c1c([2H])c([2H])c(-c2c([2H])c([2H])c3c(c2[2H])c2c([2H])c([2H])c([2H])c4c2n3-c2cc3c(c5c2B4c2ccc(-c4ccccc4)cc2O5)N(c2ccc(C(C)(C)C)cc2-c2cc(C(C)(C)C)cc(C(C)(C)C)c2)c2cc(C(C)(C)C)cc4c2B3c2c([2H])c([2H])c(-n3c5c([2H])c([2H])c([2H])c([2H])c5c5c([2H])c([2H])c([2H])c([2H])c53)c([2H])c2N4c2c(-c3ccccc3)cc(C(C)(C)C)cc2-c2ccccc2)c([2H])c1[2H]. The maximum Gasteiger partial charge on any atom is 0.256 e. The van der Waals surface area contributed by atoms with Crippen LogP contribution in [0, 0.1) is 0 Å². The molecule has 17 aromatic rings. The summed E-state index contributed by atoms with van der Waals surface area (Å²) in [5.74, 6) is 0.426. The van der Waals surface area contributed by atoms with Crippen molar-refractivity contribution in [2.45, 2.75) is 131 Å². The van der Waals surface area contributed by atoms with Gasteiger partial charge in [-0.15, -0.1) is 0 Å². The summed E-state index contributed by atoms with van der Waals surface area (Å²) in [6.07, 6.45) is 0. The van der Waals surface area contributed by atoms with E-state index in [1.54, 1.807) is 4.57 Å². The fourth-order valence-corrected chi connectivity index (χ4v) is 18.1. The molecule has 21 rings (SSSR count). The molecule has 7 heteroatoms. The molecule has 0 atom stereocenters. The van der Waals surface area contributed by atoms with E-state index in [9.17, 15) is 26.0 Å². The molecular weight excluding hydrogens is 1410 g/mol. The second-order valence-electron chi connectivity index (χ2n) is 36.8. The van der Waals surface area contributed by atoms with Crippen molar-refractivity contribution < 1.29 is 34.9 Å². The van der Waals surface area contributed by atoms with Crippen LogP contribution in [0.15, 0.2) is 309 Å². The number of ether oxygens (including phenoxy) is 1. The first-order valence-corrected chi connectivity index (χ1v) is 40.2. The van der Waals surface area contributed by atoms with Crippen molar-refractivity contribution >= 4 is 124 Å². The Hall–Kier alpha value is -12.6. The van der Waals surface area contributed by atoms with Crippen LogP contribution in [0.4, 0.5) is 34.1 Å². The molecule has 0 aliphatic carbocycles. The van der Waals surface area contributed by atoms with Crippen LogP contribution in [0.3, 0.4) is 0 Å². The first kappa shape index (κ1) is 52.1. The molecule has 117 heavy (non-hydrogen) atoms. The van der Waals surface area contributed by atoms with Gasteiger partial charge in [-0.2, -0.15) is 0 Å². The third-order valence-electron chi connectivity index (χ3n) is 24.2. The summed E-state index contributed by atoms with van der Waals surface area (Å²) in [7, 11) is 0. The number of anilines is 6. The maximum atomic E-state index is 12.1. The van der Waals surface area contributed by atoms with Crippen molar-refractivity contribution in [3.8, 4) is 78.5 Å². The molecule has 0 N–H and O–H groups in total. The summed E-state index contributed by atoms with van der Waals surface area (Å²) in [6.45, 7) is 29.8. The largest absolute Gasteiger partial charge is 0.456 e. The van der Waals surface area contributed by atoms with E-state index >= 15 is 0 Å². The Morgan fingerprint density at radius 3 is 1.43 bits per heavy atom. The third kappa shape index (κ3) is 11.4. The van der Waals surface area contributed by atoms with Crippen LogP contribution in [0.25, 0.3) is 111 Å². The molecule has 0 radical (unpaired) electrons. The van der Waals surface area contributed by atoms with E-state index < -0.39 is 201 Å². The zero-order valence-corrected chi connectivity index (χ0v) is 68.1. The molecular formula is C110H96B2N4O. The fraction of sp³-hybridized carbons (Fsp3) is 0.182. The van der Waals surface area contributed by atoms with E-state index in [1.165, 1.54) is 0 Å². The van der Waals surface area contributed by atoms with Crippen molar-refractivity contribution in [1.29, 1.82) is 0 Å². The van der Waals surface area contributed by atoms with Crippen LogP contribution in [-0.4, -0.2) is 22.6 Å². The predicted molar refractivity (Wildman–Crippen MR) is 501 cm³/mol. The van der Waals surface area contributed by atoms with Gasteiger partial charge in [0.25, 0.3) is 13.4 Å². The van der Waals surface area contributed by atoms with E-state index in [2.05, 4.69) is 169 Å². The lowest BCUT2D eigenvalue weighted by atomic mass is 9.31. The van der Waals surface area contributed by atoms with Crippen LogP contribution < -0.4 is 47.3 Å². The lowest BCUT2D eigenvalue weighted by molar-refractivity contribution is 0.489. The minimum absolute atomic E-state index is 0.0208. The number of hydrogen-bond acceptors (Lipinski definition) is 3. The Bertz CT molecular complexity index is 8210. The van der Waals surface area contributed by atoms with Crippen molar-refractivity contribution in [2.24, 2.45) is 0 Å². The van der Waals surface area contributed by atoms with Crippen molar-refractivity contribution in [3.63, 3.8) is 0 Å². The van der Waals surface area contributed by atoms with Gasteiger partial charge in [0, 0.05) is 72.2 Å². The highest BCUT2D eigenvalue weighted by Gasteiger charge is 2.51. The quantitative estimate of drug-likeness (QED) is 0.142. The fourth-order valence-electron chi connectivity index (χ4n) is 18.1. The molecule has 6 heterocycles. The first-order valence-electron chi connectivity index (χ1n) is 51.2. The van der Waals surface area contributed by atoms with Gasteiger partial charge in [0.1, 0.15) is 11.5 Å². The van der Waals surface area contributed by atoms with Gasteiger partial charge in [-0.25, -0.2) is 0 Å². The van der Waals surface area contributed by atoms with Crippen molar-refractivity contribution in [2.75, 3.05) is 9.80 Å². The van der Waals surface area contributed by atoms with Crippen LogP contribution in [0.1, 0.15) is 162 Å². The molecule has 0 saturated heterocycles. The minimum atomic E-state index is -1.43. The second-order valence-corrected chi connectivity index (χ2v) is 36.8. The molecule has 2 aromatic heterocycles. The Morgan fingerprint density at radius 2 is 0.821 bits per heavy atom. The van der Waals surface area contributed by atoms with E-state index in [4.69, 9.17) is 8.85 Å². The average Bonchev–Trinajstić information content (AvgIpc) is 1.65. The van der Waals surface area contributed by atoms with Gasteiger partial charge in [-0.3, -0.25) is 0 Å². The van der Waals surface area contributed by atoms with Gasteiger partial charge < -0.3 is 23.7 Å². The molecule has 4 aliphatic heterocycles. The Balaban J connectivity index is 1.04. The van der Waals surface area contributed by atoms with Crippen LogP contribution >= 0.6 is 0 Å². The van der Waals surface area contributed by atoms with Gasteiger partial charge in [0.05, 0.1) is 63.8 Å². The Morgan fingerprint density at radius 1 is 0.291 bits per heavy atom. The second kappa shape index (κ2) is 26.0. The van der Waals surface area contributed by atoms with Crippen molar-refractivity contribution in [1.82, 2.24) is 9.13 Å². The smallest absolute Gasteiger partial charge is 0.256 e. The van der Waals surface area contributed by atoms with Crippen molar-refractivity contribution in [3.05, 3.63) is 337 Å². The lowest BCUT2D eigenvalue weighted by Gasteiger charge is -2.48. The molecule has 15 aromatic carbocycles. The van der Waals surface area contributed by atoms with Gasteiger partial charge in [-0.05, 0) is 211 Å². The number of fused-ring (bicyclic) bond motifs is 15. The summed E-state index contributed by atoms with van der Waals surface area (Å²) in [5.41, 5.74) is 9.76. The van der Waals surface area contributed by atoms with Gasteiger partial charge in [-0.1, -0.05) is 328 Å². The predicted octanol–water partition coefficient (Wildman–Crippen LogP) is 25.7. The van der Waals surface area contributed by atoms with Gasteiger partial charge in [0.2, 0.25) is 0 Å². The molecule has 0 bridgehead atoms. The molecule has 0 fully saturated rings. The topological polar surface area (TPSA) is 25.6 Å². The number of aromatic nitrogens is 2. The zero-order valence-electron chi connectivity index (χ0n) is 90.1. The highest BCUT2D eigenvalue weighted by atomic mass is 16.5. The molecule has 568 valence electrons. The monoisotopic (exact) mass is 1530 g/mol. The Kier molecular flexibility index (Phi) is 11.6. The average molecular weight is 1530 g/mol. The number of benzene rings is 15. The summed E-state index contributed by atoms with van der Waals surface area (Å²) < 4.78 is 232. The normalized spacial score (nSPS) is 16.2. The van der Waals surface area contributed by atoms with E-state index in [1.807, 2.05) is 120 Å². The maximum absolute atomic E-state index is 12.1. The molecule has 0 spiro atoms. The van der Waals surface area contributed by atoms with Gasteiger partial charge in [0.15, 0.2) is 0 Å². The van der Waals surface area contributed by atoms with E-state index in [0.29, 0.717) is 67.0 Å².